The molecule has 1 aliphatic carbocycles. The number of carbonyl (C=O) groups is 2. The van der Waals surface area contributed by atoms with Crippen molar-refractivity contribution in [2.24, 2.45) is 11.8 Å². The Balaban J connectivity index is 2.48. The van der Waals surface area contributed by atoms with Crippen LogP contribution in [0.25, 0.3) is 0 Å². The molecule has 0 bridgehead atoms. The Hall–Kier alpha value is -1.06. The summed E-state index contributed by atoms with van der Waals surface area (Å²) in [6.07, 6.45) is 6.04. The molecule has 0 spiro atoms. The number of hydrogen-bond acceptors (Lipinski definition) is 3. The van der Waals surface area contributed by atoms with Crippen molar-refractivity contribution in [2.45, 2.75) is 71.3 Å². The van der Waals surface area contributed by atoms with Crippen molar-refractivity contribution < 1.29 is 19.4 Å². The molecule has 0 aliphatic heterocycles. The summed E-state index contributed by atoms with van der Waals surface area (Å²) in [6.45, 7) is 6.01. The third kappa shape index (κ3) is 5.21. The molecule has 0 aromatic carbocycles. The molecule has 0 aromatic rings. The van der Waals surface area contributed by atoms with Crippen molar-refractivity contribution in [3.63, 3.8) is 0 Å². The monoisotopic (exact) mass is 270 g/mol. The van der Waals surface area contributed by atoms with Crippen molar-refractivity contribution in [2.75, 3.05) is 0 Å². The number of carboxylic acid groups (broad SMARTS) is 1. The van der Waals surface area contributed by atoms with E-state index in [-0.39, 0.29) is 12.8 Å². The lowest BCUT2D eigenvalue weighted by Gasteiger charge is -2.38. The highest BCUT2D eigenvalue weighted by Crippen LogP contribution is 2.37. The fourth-order valence-electron chi connectivity index (χ4n) is 2.85. The third-order valence-electron chi connectivity index (χ3n) is 4.37. The van der Waals surface area contributed by atoms with Gasteiger partial charge in [-0.25, -0.2) is 0 Å². The Bertz CT molecular complexity index is 316. The van der Waals surface area contributed by atoms with Crippen LogP contribution in [0.15, 0.2) is 0 Å². The molecule has 0 saturated heterocycles. The molecular formula is C15H26O4. The zero-order valence-electron chi connectivity index (χ0n) is 12.3. The van der Waals surface area contributed by atoms with Gasteiger partial charge in [0.25, 0.3) is 0 Å². The fraction of sp³-hybridized carbons (Fsp3) is 0.867. The van der Waals surface area contributed by atoms with Gasteiger partial charge in [-0.1, -0.05) is 39.0 Å². The first-order valence-corrected chi connectivity index (χ1v) is 7.26. The Morgan fingerprint density at radius 2 is 1.79 bits per heavy atom. The van der Waals surface area contributed by atoms with Gasteiger partial charge in [-0.15, -0.1) is 0 Å². The first-order chi connectivity index (χ1) is 8.83. The summed E-state index contributed by atoms with van der Waals surface area (Å²) < 4.78 is 5.50. The van der Waals surface area contributed by atoms with Gasteiger partial charge in [0.05, 0.1) is 12.8 Å². The van der Waals surface area contributed by atoms with Crippen LogP contribution in [0.1, 0.15) is 65.7 Å². The highest BCUT2D eigenvalue weighted by Gasteiger charge is 2.35. The van der Waals surface area contributed by atoms with Gasteiger partial charge < -0.3 is 9.84 Å². The zero-order valence-corrected chi connectivity index (χ0v) is 12.3. The second kappa shape index (κ2) is 6.92. The van der Waals surface area contributed by atoms with E-state index in [0.717, 1.165) is 0 Å². The fourth-order valence-corrected chi connectivity index (χ4v) is 2.85. The molecule has 1 aliphatic rings. The molecule has 1 unspecified atom stereocenters. The Labute approximate surface area is 115 Å². The predicted octanol–water partition coefficient (Wildman–Crippen LogP) is 3.39. The Morgan fingerprint density at radius 3 is 2.32 bits per heavy atom. The van der Waals surface area contributed by atoms with Crippen LogP contribution in [0, 0.1) is 11.8 Å². The van der Waals surface area contributed by atoms with E-state index in [9.17, 15) is 9.59 Å². The third-order valence-corrected chi connectivity index (χ3v) is 4.37. The van der Waals surface area contributed by atoms with Gasteiger partial charge in [0.1, 0.15) is 5.60 Å². The van der Waals surface area contributed by atoms with Gasteiger partial charge in [-0.3, -0.25) is 9.59 Å². The SMILES string of the molecule is CC(C1CCCCC1)C(C)(C)OC(=O)CCC(=O)O. The topological polar surface area (TPSA) is 63.6 Å². The van der Waals surface area contributed by atoms with E-state index < -0.39 is 17.5 Å². The molecule has 110 valence electrons. The molecule has 0 amide bonds. The van der Waals surface area contributed by atoms with Crippen LogP contribution >= 0.6 is 0 Å². The van der Waals surface area contributed by atoms with E-state index in [1.807, 2.05) is 13.8 Å². The van der Waals surface area contributed by atoms with Crippen LogP contribution in [0.3, 0.4) is 0 Å². The van der Waals surface area contributed by atoms with Crippen LogP contribution in [0.5, 0.6) is 0 Å². The zero-order chi connectivity index (χ0) is 14.5. The number of carboxylic acids is 1. The summed E-state index contributed by atoms with van der Waals surface area (Å²) in [5.41, 5.74) is -0.516. The lowest BCUT2D eigenvalue weighted by molar-refractivity contribution is -0.165. The maximum absolute atomic E-state index is 11.7. The van der Waals surface area contributed by atoms with Gasteiger partial charge in [-0.2, -0.15) is 0 Å². The molecule has 1 saturated carbocycles. The van der Waals surface area contributed by atoms with E-state index in [1.165, 1.54) is 32.1 Å². The van der Waals surface area contributed by atoms with Gasteiger partial charge in [-0.05, 0) is 25.7 Å². The first kappa shape index (κ1) is 16.0. The molecule has 0 aromatic heterocycles. The molecule has 0 radical (unpaired) electrons. The molecule has 19 heavy (non-hydrogen) atoms. The van der Waals surface area contributed by atoms with Crippen molar-refractivity contribution >= 4 is 11.9 Å². The van der Waals surface area contributed by atoms with Gasteiger partial charge in [0, 0.05) is 0 Å². The molecule has 1 N–H and O–H groups in total. The highest BCUT2D eigenvalue weighted by molar-refractivity contribution is 5.76. The maximum Gasteiger partial charge on any atom is 0.306 e. The van der Waals surface area contributed by atoms with Crippen molar-refractivity contribution in [3.05, 3.63) is 0 Å². The van der Waals surface area contributed by atoms with E-state index >= 15 is 0 Å². The summed E-state index contributed by atoms with van der Waals surface area (Å²) in [7, 11) is 0. The molecule has 4 nitrogen and oxygen atoms in total. The van der Waals surface area contributed by atoms with Crippen LogP contribution in [-0.4, -0.2) is 22.6 Å². The van der Waals surface area contributed by atoms with E-state index in [2.05, 4.69) is 6.92 Å². The smallest absolute Gasteiger partial charge is 0.306 e. The number of carbonyl (C=O) groups excluding carboxylic acids is 1. The highest BCUT2D eigenvalue weighted by atomic mass is 16.6. The second-order valence-corrected chi connectivity index (χ2v) is 6.16. The summed E-state index contributed by atoms with van der Waals surface area (Å²) in [5.74, 6) is -0.456. The van der Waals surface area contributed by atoms with E-state index in [0.29, 0.717) is 11.8 Å². The lowest BCUT2D eigenvalue weighted by Crippen LogP contribution is -2.39. The molecule has 1 rings (SSSR count). The number of hydrogen-bond donors (Lipinski definition) is 1. The van der Waals surface area contributed by atoms with E-state index in [4.69, 9.17) is 9.84 Å². The van der Waals surface area contributed by atoms with Crippen LogP contribution in [0.4, 0.5) is 0 Å². The number of aliphatic carboxylic acids is 1. The minimum absolute atomic E-state index is 0.0455. The Morgan fingerprint density at radius 1 is 1.21 bits per heavy atom. The quantitative estimate of drug-likeness (QED) is 0.751. The van der Waals surface area contributed by atoms with Gasteiger partial charge >= 0.3 is 11.9 Å². The Kier molecular flexibility index (Phi) is 5.83. The first-order valence-electron chi connectivity index (χ1n) is 7.26. The van der Waals surface area contributed by atoms with Crippen molar-refractivity contribution in [1.82, 2.24) is 0 Å². The normalized spacial score (nSPS) is 18.9. The molecule has 0 heterocycles. The largest absolute Gasteiger partial charge is 0.481 e. The van der Waals surface area contributed by atoms with Crippen LogP contribution in [0.2, 0.25) is 0 Å². The van der Waals surface area contributed by atoms with Crippen LogP contribution < -0.4 is 0 Å². The maximum atomic E-state index is 11.7. The standard InChI is InChI=1S/C15H26O4/c1-11(12-7-5-4-6-8-12)15(2,3)19-14(18)10-9-13(16)17/h11-12H,4-10H2,1-3H3,(H,16,17). The van der Waals surface area contributed by atoms with Crippen molar-refractivity contribution in [3.8, 4) is 0 Å². The number of esters is 1. The number of ether oxygens (including phenoxy) is 1. The van der Waals surface area contributed by atoms with Gasteiger partial charge in [0.15, 0.2) is 0 Å². The molecule has 4 heteroatoms. The van der Waals surface area contributed by atoms with Gasteiger partial charge in [0.2, 0.25) is 0 Å². The second-order valence-electron chi connectivity index (χ2n) is 6.16. The average molecular weight is 270 g/mol. The summed E-state index contributed by atoms with van der Waals surface area (Å²) in [5, 5.41) is 8.57. The van der Waals surface area contributed by atoms with Crippen LogP contribution in [-0.2, 0) is 14.3 Å². The number of rotatable bonds is 6. The minimum Gasteiger partial charge on any atom is -0.481 e. The van der Waals surface area contributed by atoms with E-state index in [1.54, 1.807) is 0 Å². The summed E-state index contributed by atoms with van der Waals surface area (Å²) in [4.78, 5) is 22.1. The average Bonchev–Trinajstić information content (AvgIpc) is 2.36. The molecule has 1 atom stereocenters. The molecular weight excluding hydrogens is 244 g/mol. The summed E-state index contributed by atoms with van der Waals surface area (Å²) in [6, 6.07) is 0. The predicted molar refractivity (Wildman–Crippen MR) is 72.8 cm³/mol. The minimum atomic E-state index is -0.963. The lowest BCUT2D eigenvalue weighted by atomic mass is 9.74. The molecule has 1 fully saturated rings. The summed E-state index contributed by atoms with van der Waals surface area (Å²) >= 11 is 0. The van der Waals surface area contributed by atoms with Crippen molar-refractivity contribution in [1.29, 1.82) is 0 Å².